The summed E-state index contributed by atoms with van der Waals surface area (Å²) in [5.41, 5.74) is 5.47. The average molecular weight is 478 g/mol. The van der Waals surface area contributed by atoms with Gasteiger partial charge in [0.1, 0.15) is 12.4 Å². The number of rotatable bonds is 11. The normalized spacial score (nSPS) is 12.2. The summed E-state index contributed by atoms with van der Waals surface area (Å²) in [6.07, 6.45) is 5.81. The topological polar surface area (TPSA) is 61.4 Å². The van der Waals surface area contributed by atoms with Gasteiger partial charge in [0.05, 0.1) is 11.6 Å². The number of hydrogen-bond acceptors (Lipinski definition) is 4. The molecule has 5 rings (SSSR count). The minimum Gasteiger partial charge on any atom is -0.487 e. The molecular weight excluding hydrogens is 446 g/mol. The van der Waals surface area contributed by atoms with Crippen molar-refractivity contribution in [3.8, 4) is 5.75 Å². The molecule has 0 radical (unpaired) electrons. The maximum atomic E-state index is 10.9. The summed E-state index contributed by atoms with van der Waals surface area (Å²) in [4.78, 5) is 9.91. The first-order valence-corrected chi connectivity index (χ1v) is 12.4. The van der Waals surface area contributed by atoms with E-state index in [0.29, 0.717) is 13.2 Å². The molecule has 0 aliphatic carbocycles. The van der Waals surface area contributed by atoms with Gasteiger partial charge in [0, 0.05) is 49.2 Å². The van der Waals surface area contributed by atoms with E-state index in [2.05, 4.69) is 63.5 Å². The van der Waals surface area contributed by atoms with Crippen LogP contribution in [0.1, 0.15) is 28.4 Å². The van der Waals surface area contributed by atoms with E-state index >= 15 is 0 Å². The van der Waals surface area contributed by atoms with Gasteiger partial charge in [-0.1, -0.05) is 78.9 Å². The van der Waals surface area contributed by atoms with Gasteiger partial charge in [0.25, 0.3) is 0 Å². The van der Waals surface area contributed by atoms with Gasteiger partial charge in [0.2, 0.25) is 0 Å². The van der Waals surface area contributed by atoms with Crippen LogP contribution in [0.15, 0.2) is 110 Å². The molecule has 182 valence electrons. The maximum absolute atomic E-state index is 10.9. The number of nitrogens with zero attached hydrogens (tertiary/aromatic N) is 2. The van der Waals surface area contributed by atoms with Crippen molar-refractivity contribution in [3.05, 3.63) is 132 Å². The van der Waals surface area contributed by atoms with Crippen molar-refractivity contribution in [2.45, 2.75) is 25.7 Å². The van der Waals surface area contributed by atoms with E-state index in [1.54, 1.807) is 12.4 Å². The molecule has 0 aliphatic heterocycles. The molecule has 5 nitrogen and oxygen atoms in total. The summed E-state index contributed by atoms with van der Waals surface area (Å²) in [5.74, 6) is 0.857. The molecule has 0 fully saturated rings. The van der Waals surface area contributed by atoms with Crippen LogP contribution in [0.2, 0.25) is 0 Å². The first kappa shape index (κ1) is 23.8. The van der Waals surface area contributed by atoms with Crippen molar-refractivity contribution < 1.29 is 9.84 Å². The number of aliphatic hydroxyl groups excluding tert-OH is 1. The zero-order valence-corrected chi connectivity index (χ0v) is 20.3. The van der Waals surface area contributed by atoms with Crippen LogP contribution >= 0.6 is 0 Å². The second-order valence-corrected chi connectivity index (χ2v) is 9.04. The fourth-order valence-corrected chi connectivity index (χ4v) is 4.53. The van der Waals surface area contributed by atoms with Crippen molar-refractivity contribution in [2.24, 2.45) is 0 Å². The average Bonchev–Trinajstić information content (AvgIpc) is 3.36. The van der Waals surface area contributed by atoms with Crippen molar-refractivity contribution in [1.29, 1.82) is 0 Å². The molecule has 2 aromatic heterocycles. The van der Waals surface area contributed by atoms with E-state index < -0.39 is 6.10 Å². The van der Waals surface area contributed by atoms with Gasteiger partial charge < -0.3 is 14.8 Å². The van der Waals surface area contributed by atoms with Crippen molar-refractivity contribution in [1.82, 2.24) is 14.9 Å². The highest BCUT2D eigenvalue weighted by Crippen LogP contribution is 2.28. The first-order valence-electron chi connectivity index (χ1n) is 12.4. The van der Waals surface area contributed by atoms with E-state index in [0.717, 1.165) is 41.9 Å². The fraction of sp³-hybridized carbons (Fsp3) is 0.194. The molecule has 36 heavy (non-hydrogen) atoms. The van der Waals surface area contributed by atoms with E-state index in [-0.39, 0.29) is 0 Å². The molecule has 2 N–H and O–H groups in total. The maximum Gasteiger partial charge on any atom is 0.143 e. The number of ether oxygens (including phenoxy) is 1. The first-order chi connectivity index (χ1) is 17.8. The monoisotopic (exact) mass is 477 g/mol. The summed E-state index contributed by atoms with van der Waals surface area (Å²) in [5, 5.41) is 12.1. The van der Waals surface area contributed by atoms with Crippen LogP contribution in [0.3, 0.4) is 0 Å². The molecule has 0 aliphatic rings. The number of aromatic nitrogens is 2. The van der Waals surface area contributed by atoms with Gasteiger partial charge in [0.15, 0.2) is 0 Å². The lowest BCUT2D eigenvalue weighted by Gasteiger charge is -2.25. The number of para-hydroxylation sites is 1. The number of hydrogen-bond donors (Lipinski definition) is 2. The van der Waals surface area contributed by atoms with Crippen LogP contribution in [0.25, 0.3) is 10.9 Å². The van der Waals surface area contributed by atoms with Gasteiger partial charge >= 0.3 is 0 Å². The number of benzene rings is 3. The van der Waals surface area contributed by atoms with E-state index in [1.807, 2.05) is 48.5 Å². The predicted molar refractivity (Wildman–Crippen MR) is 144 cm³/mol. The van der Waals surface area contributed by atoms with Crippen molar-refractivity contribution >= 4 is 10.9 Å². The molecule has 0 amide bonds. The molecule has 5 aromatic rings. The standard InChI is InChI=1S/C31H31N3O2/c35-29(27-13-8-17-32-19-27)22-34(21-24-9-3-1-4-10-24)18-16-26-20-33-31-28(26)14-7-15-30(31)36-23-25-11-5-2-6-12-25/h1-15,17,19-20,29,33,35H,16,18,21-23H2/t29-/m0/s1. The lowest BCUT2D eigenvalue weighted by molar-refractivity contribution is 0.109. The number of fused-ring (bicyclic) bond motifs is 1. The highest BCUT2D eigenvalue weighted by atomic mass is 16.5. The molecule has 1 atom stereocenters. The Morgan fingerprint density at radius 1 is 0.861 bits per heavy atom. The second kappa shape index (κ2) is 11.7. The summed E-state index contributed by atoms with van der Waals surface area (Å²) in [6, 6.07) is 30.6. The molecule has 3 aromatic carbocycles. The number of pyridine rings is 1. The SMILES string of the molecule is O[C@@H](CN(CCc1c[nH]c2c(OCc3ccccc3)cccc12)Cc1ccccc1)c1cccnc1. The van der Waals surface area contributed by atoms with Crippen molar-refractivity contribution in [2.75, 3.05) is 13.1 Å². The Balaban J connectivity index is 1.30. The Morgan fingerprint density at radius 2 is 1.64 bits per heavy atom. The quantitative estimate of drug-likeness (QED) is 0.248. The fourth-order valence-electron chi connectivity index (χ4n) is 4.53. The Morgan fingerprint density at radius 3 is 2.39 bits per heavy atom. The van der Waals surface area contributed by atoms with Gasteiger partial charge in [-0.2, -0.15) is 0 Å². The molecule has 2 heterocycles. The molecule has 0 saturated carbocycles. The zero-order chi connectivity index (χ0) is 24.6. The predicted octanol–water partition coefficient (Wildman–Crippen LogP) is 5.92. The largest absolute Gasteiger partial charge is 0.487 e. The highest BCUT2D eigenvalue weighted by Gasteiger charge is 2.16. The Kier molecular flexibility index (Phi) is 7.71. The molecule has 0 saturated heterocycles. The molecule has 0 spiro atoms. The van der Waals surface area contributed by atoms with Crippen LogP contribution in [-0.2, 0) is 19.6 Å². The Labute approximate surface area is 212 Å². The number of aliphatic hydroxyl groups is 1. The Hall–Kier alpha value is -3.93. The lowest BCUT2D eigenvalue weighted by atomic mass is 10.1. The third kappa shape index (κ3) is 6.00. The lowest BCUT2D eigenvalue weighted by Crippen LogP contribution is -2.30. The van der Waals surface area contributed by atoms with Gasteiger partial charge in [-0.15, -0.1) is 0 Å². The van der Waals surface area contributed by atoms with Gasteiger partial charge in [-0.3, -0.25) is 9.88 Å². The van der Waals surface area contributed by atoms with E-state index in [4.69, 9.17) is 4.74 Å². The summed E-state index contributed by atoms with van der Waals surface area (Å²) >= 11 is 0. The third-order valence-electron chi connectivity index (χ3n) is 6.45. The minimum atomic E-state index is -0.594. The van der Waals surface area contributed by atoms with Gasteiger partial charge in [-0.05, 0) is 35.2 Å². The molecule has 0 bridgehead atoms. The summed E-state index contributed by atoms with van der Waals surface area (Å²) in [6.45, 7) is 2.65. The number of aromatic amines is 1. The third-order valence-corrected chi connectivity index (χ3v) is 6.45. The van der Waals surface area contributed by atoms with Crippen LogP contribution < -0.4 is 4.74 Å². The molecular formula is C31H31N3O2. The summed E-state index contributed by atoms with van der Waals surface area (Å²) in [7, 11) is 0. The van der Waals surface area contributed by atoms with Crippen LogP contribution in [-0.4, -0.2) is 33.1 Å². The summed E-state index contributed by atoms with van der Waals surface area (Å²) < 4.78 is 6.14. The molecule has 5 heteroatoms. The van der Waals surface area contributed by atoms with Crippen molar-refractivity contribution in [3.63, 3.8) is 0 Å². The second-order valence-electron chi connectivity index (χ2n) is 9.04. The smallest absolute Gasteiger partial charge is 0.143 e. The van der Waals surface area contributed by atoms with Crippen LogP contribution in [0.4, 0.5) is 0 Å². The Bertz CT molecular complexity index is 1350. The van der Waals surface area contributed by atoms with Gasteiger partial charge in [-0.25, -0.2) is 0 Å². The minimum absolute atomic E-state index is 0.533. The van der Waals surface area contributed by atoms with E-state index in [9.17, 15) is 5.11 Å². The molecule has 0 unspecified atom stereocenters. The number of nitrogens with one attached hydrogen (secondary N) is 1. The highest BCUT2D eigenvalue weighted by molar-refractivity contribution is 5.88. The zero-order valence-electron chi connectivity index (χ0n) is 20.3. The number of H-pyrrole nitrogens is 1. The van der Waals surface area contributed by atoms with Crippen LogP contribution in [0.5, 0.6) is 5.75 Å². The van der Waals surface area contributed by atoms with Crippen LogP contribution in [0, 0.1) is 0 Å². The van der Waals surface area contributed by atoms with E-state index in [1.165, 1.54) is 16.5 Å².